The molecule has 1 aromatic rings. The molecule has 0 aliphatic heterocycles. The number of anilines is 1. The molecule has 1 unspecified atom stereocenters. The third-order valence-corrected chi connectivity index (χ3v) is 4.71. The van der Waals surface area contributed by atoms with E-state index in [-0.39, 0.29) is 29.3 Å². The minimum atomic E-state index is -3.57. The molecule has 0 bridgehead atoms. The lowest BCUT2D eigenvalue weighted by atomic mass is 10.3. The van der Waals surface area contributed by atoms with Gasteiger partial charge in [0.15, 0.2) is 0 Å². The monoisotopic (exact) mass is 399 g/mol. The van der Waals surface area contributed by atoms with E-state index in [2.05, 4.69) is 31.3 Å². The second-order valence-electron chi connectivity index (χ2n) is 4.36. The van der Waals surface area contributed by atoms with Crippen molar-refractivity contribution in [2.75, 3.05) is 18.9 Å². The molecule has 0 aliphatic rings. The van der Waals surface area contributed by atoms with E-state index >= 15 is 0 Å². The number of benzene rings is 1. The zero-order valence-electron chi connectivity index (χ0n) is 11.9. The first kappa shape index (κ1) is 20.3. The fraction of sp³-hybridized carbons (Fsp3) is 0.417. The Kier molecular flexibility index (Phi) is 8.42. The van der Waals surface area contributed by atoms with Crippen molar-refractivity contribution < 1.29 is 13.2 Å². The number of hydrogen-bond donors (Lipinski definition) is 3. The van der Waals surface area contributed by atoms with Crippen LogP contribution >= 0.6 is 28.3 Å². The topological polar surface area (TPSA) is 87.3 Å². The van der Waals surface area contributed by atoms with E-state index in [4.69, 9.17) is 0 Å². The van der Waals surface area contributed by atoms with Crippen LogP contribution < -0.4 is 15.4 Å². The van der Waals surface area contributed by atoms with Gasteiger partial charge in [-0.05, 0) is 48.1 Å². The molecule has 0 heterocycles. The number of sulfonamides is 1. The summed E-state index contributed by atoms with van der Waals surface area (Å²) in [6, 6.07) is 4.48. The van der Waals surface area contributed by atoms with Gasteiger partial charge >= 0.3 is 0 Å². The van der Waals surface area contributed by atoms with Crippen molar-refractivity contribution >= 4 is 50.0 Å². The molecule has 1 atom stereocenters. The van der Waals surface area contributed by atoms with Crippen LogP contribution in [0.5, 0.6) is 0 Å². The second kappa shape index (κ2) is 8.70. The first-order valence-corrected chi connectivity index (χ1v) is 8.28. The van der Waals surface area contributed by atoms with E-state index in [1.54, 1.807) is 13.1 Å². The maximum Gasteiger partial charge on any atom is 0.240 e. The average molecular weight is 401 g/mol. The number of hydrogen-bond acceptors (Lipinski definition) is 4. The summed E-state index contributed by atoms with van der Waals surface area (Å²) in [5.41, 5.74) is 0.528. The van der Waals surface area contributed by atoms with Crippen molar-refractivity contribution in [1.29, 1.82) is 0 Å². The predicted octanol–water partition coefficient (Wildman–Crippen LogP) is 1.72. The van der Waals surface area contributed by atoms with Crippen LogP contribution in [0.4, 0.5) is 5.69 Å². The summed E-state index contributed by atoms with van der Waals surface area (Å²) in [5, 5.41) is 5.55. The van der Waals surface area contributed by atoms with Crippen LogP contribution in [0.25, 0.3) is 0 Å². The summed E-state index contributed by atoms with van der Waals surface area (Å²) in [4.78, 5) is 11.1. The van der Waals surface area contributed by atoms with Gasteiger partial charge in [0.2, 0.25) is 15.9 Å². The zero-order chi connectivity index (χ0) is 15.3. The van der Waals surface area contributed by atoms with Gasteiger partial charge in [0.1, 0.15) is 0 Å². The van der Waals surface area contributed by atoms with Crippen LogP contribution in [0, 0.1) is 0 Å². The second-order valence-corrected chi connectivity index (χ2v) is 6.99. The first-order valence-electron chi connectivity index (χ1n) is 6.00. The predicted molar refractivity (Wildman–Crippen MR) is 89.4 cm³/mol. The molecule has 0 fully saturated rings. The molecule has 0 saturated carbocycles. The third kappa shape index (κ3) is 6.31. The Morgan fingerprint density at radius 3 is 2.48 bits per heavy atom. The third-order valence-electron chi connectivity index (χ3n) is 2.63. The fourth-order valence-electron chi connectivity index (χ4n) is 1.37. The number of rotatable bonds is 6. The summed E-state index contributed by atoms with van der Waals surface area (Å²) in [6.45, 7) is 3.56. The quantitative estimate of drug-likeness (QED) is 0.678. The summed E-state index contributed by atoms with van der Waals surface area (Å²) in [5.74, 6) is -0.220. The average Bonchev–Trinajstić information content (AvgIpc) is 2.37. The van der Waals surface area contributed by atoms with Gasteiger partial charge in [-0.1, -0.05) is 0 Å². The first-order chi connectivity index (χ1) is 9.26. The molecule has 1 rings (SSSR count). The molecule has 1 aromatic carbocycles. The van der Waals surface area contributed by atoms with E-state index < -0.39 is 10.0 Å². The smallest absolute Gasteiger partial charge is 0.240 e. The Labute approximate surface area is 139 Å². The van der Waals surface area contributed by atoms with E-state index in [9.17, 15) is 13.2 Å². The van der Waals surface area contributed by atoms with E-state index in [1.807, 2.05) is 6.92 Å². The maximum atomic E-state index is 12.1. The molecule has 120 valence electrons. The minimum Gasteiger partial charge on any atom is -0.325 e. The van der Waals surface area contributed by atoms with Crippen LogP contribution in [0.1, 0.15) is 13.8 Å². The van der Waals surface area contributed by atoms with Crippen LogP contribution in [0.15, 0.2) is 27.6 Å². The Morgan fingerprint density at radius 1 is 1.38 bits per heavy atom. The summed E-state index contributed by atoms with van der Waals surface area (Å²) >= 11 is 3.24. The van der Waals surface area contributed by atoms with Gasteiger partial charge in [-0.15, -0.1) is 12.4 Å². The highest BCUT2D eigenvalue weighted by molar-refractivity contribution is 9.10. The van der Waals surface area contributed by atoms with Gasteiger partial charge in [0.25, 0.3) is 0 Å². The molecule has 21 heavy (non-hydrogen) atoms. The van der Waals surface area contributed by atoms with Crippen LogP contribution in [0.3, 0.4) is 0 Å². The van der Waals surface area contributed by atoms with Crippen LogP contribution in [-0.2, 0) is 14.8 Å². The maximum absolute atomic E-state index is 12.1. The molecule has 3 N–H and O–H groups in total. The van der Waals surface area contributed by atoms with E-state index in [0.29, 0.717) is 16.7 Å². The Balaban J connectivity index is 0.00000400. The van der Waals surface area contributed by atoms with Gasteiger partial charge in [-0.2, -0.15) is 0 Å². The molecule has 0 aromatic heterocycles. The van der Waals surface area contributed by atoms with E-state index in [0.717, 1.165) is 0 Å². The van der Waals surface area contributed by atoms with Crippen LogP contribution in [-0.4, -0.2) is 34.0 Å². The van der Waals surface area contributed by atoms with Crippen molar-refractivity contribution in [3.8, 4) is 0 Å². The lowest BCUT2D eigenvalue weighted by Gasteiger charge is -2.13. The molecule has 0 radical (unpaired) electrons. The highest BCUT2D eigenvalue weighted by atomic mass is 79.9. The number of carbonyl (C=O) groups is 1. The lowest BCUT2D eigenvalue weighted by molar-refractivity contribution is -0.114. The Hall–Kier alpha value is -0.670. The zero-order valence-corrected chi connectivity index (χ0v) is 15.2. The summed E-state index contributed by atoms with van der Waals surface area (Å²) < 4.78 is 27.2. The number of amides is 1. The van der Waals surface area contributed by atoms with E-state index in [1.165, 1.54) is 19.1 Å². The molecule has 0 spiro atoms. The normalized spacial score (nSPS) is 12.4. The van der Waals surface area contributed by atoms with Gasteiger partial charge in [0, 0.05) is 24.0 Å². The molecule has 9 heteroatoms. The number of halogens is 2. The van der Waals surface area contributed by atoms with Crippen molar-refractivity contribution in [3.05, 3.63) is 22.7 Å². The highest BCUT2D eigenvalue weighted by Gasteiger charge is 2.16. The number of nitrogens with one attached hydrogen (secondary N) is 3. The molecule has 0 aliphatic carbocycles. The summed E-state index contributed by atoms with van der Waals surface area (Å²) in [6.07, 6.45) is 0. The van der Waals surface area contributed by atoms with Gasteiger partial charge in [-0.25, -0.2) is 13.1 Å². The van der Waals surface area contributed by atoms with Crippen molar-refractivity contribution in [1.82, 2.24) is 10.0 Å². The lowest BCUT2D eigenvalue weighted by Crippen LogP contribution is -2.37. The van der Waals surface area contributed by atoms with Crippen molar-refractivity contribution in [2.24, 2.45) is 0 Å². The Morgan fingerprint density at radius 2 is 2.00 bits per heavy atom. The standard InChI is InChI=1S/C12H18BrN3O3S.ClH/c1-8(14-3)7-15-20(18,19)10-4-5-12(11(13)6-10)16-9(2)17;/h4-6,8,14-15H,7H2,1-3H3,(H,16,17);1H. The molecule has 0 saturated heterocycles. The van der Waals surface area contributed by atoms with Crippen LogP contribution in [0.2, 0.25) is 0 Å². The Bertz CT molecular complexity index is 595. The fourth-order valence-corrected chi connectivity index (χ4v) is 3.16. The minimum absolute atomic E-state index is 0. The highest BCUT2D eigenvalue weighted by Crippen LogP contribution is 2.25. The molecule has 6 nitrogen and oxygen atoms in total. The molecule has 1 amide bonds. The molecular formula is C12H19BrClN3O3S. The SMILES string of the molecule is CNC(C)CNS(=O)(=O)c1ccc(NC(C)=O)c(Br)c1.Cl. The molecular weight excluding hydrogens is 382 g/mol. The van der Waals surface area contributed by atoms with Crippen molar-refractivity contribution in [2.45, 2.75) is 24.8 Å². The number of carbonyl (C=O) groups excluding carboxylic acids is 1. The van der Waals surface area contributed by atoms with Gasteiger partial charge < -0.3 is 10.6 Å². The summed E-state index contributed by atoms with van der Waals surface area (Å²) in [7, 11) is -1.80. The van der Waals surface area contributed by atoms with Crippen molar-refractivity contribution in [3.63, 3.8) is 0 Å². The number of likely N-dealkylation sites (N-methyl/N-ethyl adjacent to an activating group) is 1. The van der Waals surface area contributed by atoms with Gasteiger partial charge in [0.05, 0.1) is 10.6 Å². The largest absolute Gasteiger partial charge is 0.325 e. The van der Waals surface area contributed by atoms with Gasteiger partial charge in [-0.3, -0.25) is 4.79 Å².